The molecule has 0 atom stereocenters. The molecule has 0 unspecified atom stereocenters. The van der Waals surface area contributed by atoms with Gasteiger partial charge in [-0.15, -0.1) is 0 Å². The number of anilines is 1. The van der Waals surface area contributed by atoms with Gasteiger partial charge in [0, 0.05) is 5.56 Å². The number of hydrogen-bond donors (Lipinski definition) is 2. The Morgan fingerprint density at radius 3 is 2.18 bits per heavy atom. The Balaban J connectivity index is 2.05. The molecule has 0 saturated heterocycles. The van der Waals surface area contributed by atoms with E-state index < -0.39 is 15.8 Å². The Bertz CT molecular complexity index is 1130. The predicted octanol–water partition coefficient (Wildman–Crippen LogP) is 2.36. The SMILES string of the molecule is CC(=O)c1cccc(NC(=[NH+]S(=O)(=O)c2ccc(F)cc2)c2ccccc2)c1. The summed E-state index contributed by atoms with van der Waals surface area (Å²) in [4.78, 5) is 11.6. The van der Waals surface area contributed by atoms with Crippen molar-refractivity contribution < 1.29 is 22.0 Å². The number of carbonyl (C=O) groups excluding carboxylic acids is 1. The van der Waals surface area contributed by atoms with Crippen molar-refractivity contribution in [3.63, 3.8) is 0 Å². The summed E-state index contributed by atoms with van der Waals surface area (Å²) < 4.78 is 41.1. The van der Waals surface area contributed by atoms with Crippen molar-refractivity contribution >= 4 is 27.3 Å². The van der Waals surface area contributed by atoms with E-state index in [2.05, 4.69) is 9.71 Å². The highest BCUT2D eigenvalue weighted by Crippen LogP contribution is 2.13. The summed E-state index contributed by atoms with van der Waals surface area (Å²) >= 11 is 0. The molecule has 142 valence electrons. The van der Waals surface area contributed by atoms with Crippen molar-refractivity contribution in [2.75, 3.05) is 5.32 Å². The maximum absolute atomic E-state index is 13.1. The average Bonchev–Trinajstić information content (AvgIpc) is 2.68. The fraction of sp³-hybridized carbons (Fsp3) is 0.0476. The molecule has 0 aliphatic heterocycles. The lowest BCUT2D eigenvalue weighted by molar-refractivity contribution is -0.266. The van der Waals surface area contributed by atoms with Crippen molar-refractivity contribution in [1.29, 1.82) is 0 Å². The Morgan fingerprint density at radius 2 is 1.54 bits per heavy atom. The van der Waals surface area contributed by atoms with E-state index >= 15 is 0 Å². The van der Waals surface area contributed by atoms with Crippen LogP contribution in [0.5, 0.6) is 0 Å². The van der Waals surface area contributed by atoms with E-state index in [1.54, 1.807) is 48.5 Å². The topological polar surface area (TPSA) is 77.2 Å². The summed E-state index contributed by atoms with van der Waals surface area (Å²) in [6, 6.07) is 20.1. The fourth-order valence-corrected chi connectivity index (χ4v) is 3.58. The third-order valence-electron chi connectivity index (χ3n) is 3.96. The molecule has 3 aromatic rings. The van der Waals surface area contributed by atoms with Crippen LogP contribution in [-0.4, -0.2) is 20.0 Å². The minimum Gasteiger partial charge on any atom is -0.295 e. The van der Waals surface area contributed by atoms with Crippen LogP contribution >= 0.6 is 0 Å². The zero-order valence-electron chi connectivity index (χ0n) is 15.0. The number of benzene rings is 3. The highest BCUT2D eigenvalue weighted by Gasteiger charge is 2.20. The Kier molecular flexibility index (Phi) is 5.65. The second kappa shape index (κ2) is 8.14. The molecule has 7 heteroatoms. The summed E-state index contributed by atoms with van der Waals surface area (Å²) in [5.74, 6) is -0.409. The van der Waals surface area contributed by atoms with E-state index in [0.717, 1.165) is 12.1 Å². The molecule has 0 aromatic heterocycles. The van der Waals surface area contributed by atoms with Crippen LogP contribution < -0.4 is 9.71 Å². The monoisotopic (exact) mass is 397 g/mol. The number of nitrogens with one attached hydrogen (secondary N) is 2. The predicted molar refractivity (Wildman–Crippen MR) is 105 cm³/mol. The van der Waals surface area contributed by atoms with Gasteiger partial charge in [0.1, 0.15) is 16.4 Å². The van der Waals surface area contributed by atoms with Gasteiger partial charge < -0.3 is 0 Å². The first-order chi connectivity index (χ1) is 13.3. The number of halogens is 1. The van der Waals surface area contributed by atoms with Crippen LogP contribution in [0.3, 0.4) is 0 Å². The van der Waals surface area contributed by atoms with Crippen molar-refractivity contribution in [1.82, 2.24) is 0 Å². The Morgan fingerprint density at radius 1 is 0.893 bits per heavy atom. The van der Waals surface area contributed by atoms with Gasteiger partial charge >= 0.3 is 10.0 Å². The number of sulfonamides is 1. The molecule has 0 aliphatic rings. The second-order valence-electron chi connectivity index (χ2n) is 6.06. The summed E-state index contributed by atoms with van der Waals surface area (Å²) in [5, 5.41) is 3.03. The number of rotatable bonds is 5. The molecule has 0 spiro atoms. The Labute approximate surface area is 162 Å². The maximum Gasteiger partial charge on any atom is 0.328 e. The molecule has 2 N–H and O–H groups in total. The first-order valence-corrected chi connectivity index (χ1v) is 9.92. The number of carbonyl (C=O) groups is 1. The van der Waals surface area contributed by atoms with E-state index in [0.29, 0.717) is 16.8 Å². The average molecular weight is 397 g/mol. The molecule has 3 aromatic carbocycles. The molecule has 0 saturated carbocycles. The second-order valence-corrected chi connectivity index (χ2v) is 7.74. The van der Waals surface area contributed by atoms with Crippen LogP contribution in [0.25, 0.3) is 0 Å². The summed E-state index contributed by atoms with van der Waals surface area (Å²) in [5.41, 5.74) is 1.65. The lowest BCUT2D eigenvalue weighted by atomic mass is 10.1. The number of Topliss-reactive ketones (excluding diaryl/α,β-unsaturated/α-hetero) is 1. The molecular formula is C21H18FN2O3S+. The van der Waals surface area contributed by atoms with Gasteiger partial charge in [-0.05, 0) is 55.5 Å². The minimum atomic E-state index is -3.95. The van der Waals surface area contributed by atoms with Crippen LogP contribution in [0.15, 0.2) is 83.8 Å². The molecule has 0 amide bonds. The zero-order valence-corrected chi connectivity index (χ0v) is 15.8. The van der Waals surface area contributed by atoms with Gasteiger partial charge in [0.15, 0.2) is 5.78 Å². The Hall–Kier alpha value is -3.32. The first-order valence-electron chi connectivity index (χ1n) is 8.44. The van der Waals surface area contributed by atoms with Gasteiger partial charge in [0.05, 0.1) is 5.56 Å². The van der Waals surface area contributed by atoms with Crippen LogP contribution in [0, 0.1) is 5.82 Å². The van der Waals surface area contributed by atoms with E-state index in [1.165, 1.54) is 19.1 Å². The van der Waals surface area contributed by atoms with Crippen LogP contribution in [0.4, 0.5) is 10.1 Å². The summed E-state index contributed by atoms with van der Waals surface area (Å²) in [6.45, 7) is 1.46. The van der Waals surface area contributed by atoms with Crippen molar-refractivity contribution in [2.45, 2.75) is 11.8 Å². The molecule has 0 radical (unpaired) electrons. The highest BCUT2D eigenvalue weighted by molar-refractivity contribution is 7.84. The van der Waals surface area contributed by atoms with E-state index in [1.807, 2.05) is 6.07 Å². The summed E-state index contributed by atoms with van der Waals surface area (Å²) in [6.07, 6.45) is 0. The number of amidine groups is 1. The van der Waals surface area contributed by atoms with Gasteiger partial charge in [-0.3, -0.25) is 4.79 Å². The van der Waals surface area contributed by atoms with Crippen molar-refractivity contribution in [2.24, 2.45) is 0 Å². The zero-order chi connectivity index (χ0) is 20.1. The highest BCUT2D eigenvalue weighted by atomic mass is 32.2. The largest absolute Gasteiger partial charge is 0.328 e. The van der Waals surface area contributed by atoms with E-state index in [9.17, 15) is 17.6 Å². The lowest BCUT2D eigenvalue weighted by Gasteiger charge is -2.06. The van der Waals surface area contributed by atoms with Gasteiger partial charge in [0.25, 0.3) is 5.84 Å². The van der Waals surface area contributed by atoms with Gasteiger partial charge in [-0.2, -0.15) is 12.8 Å². The molecule has 5 nitrogen and oxygen atoms in total. The van der Waals surface area contributed by atoms with Crippen LogP contribution in [0.2, 0.25) is 0 Å². The molecular weight excluding hydrogens is 379 g/mol. The van der Waals surface area contributed by atoms with Gasteiger partial charge in [0.2, 0.25) is 0 Å². The molecule has 3 rings (SSSR count). The molecule has 0 aliphatic carbocycles. The van der Waals surface area contributed by atoms with Crippen LogP contribution in [0.1, 0.15) is 22.8 Å². The molecule has 0 fully saturated rings. The fourth-order valence-electron chi connectivity index (χ4n) is 2.53. The quantitative estimate of drug-likeness (QED) is 0.394. The number of ketones is 1. The van der Waals surface area contributed by atoms with Crippen LogP contribution in [-0.2, 0) is 10.0 Å². The van der Waals surface area contributed by atoms with E-state index in [4.69, 9.17) is 0 Å². The maximum atomic E-state index is 13.1. The standard InChI is InChI=1S/C21H17FN2O3S/c1-15(25)17-8-5-9-19(14-17)23-21(16-6-3-2-4-7-16)24-28(26,27)20-12-10-18(22)11-13-20/h2-14H,1H3,(H,23,24)/p+1. The third kappa shape index (κ3) is 4.69. The van der Waals surface area contributed by atoms with Crippen molar-refractivity contribution in [3.8, 4) is 0 Å². The number of hydrogen-bond acceptors (Lipinski definition) is 3. The van der Waals surface area contributed by atoms with E-state index in [-0.39, 0.29) is 16.5 Å². The third-order valence-corrected chi connectivity index (χ3v) is 5.33. The molecule has 28 heavy (non-hydrogen) atoms. The smallest absolute Gasteiger partial charge is 0.295 e. The van der Waals surface area contributed by atoms with Gasteiger partial charge in [-0.1, -0.05) is 30.3 Å². The molecule has 0 bridgehead atoms. The normalized spacial score (nSPS) is 11.9. The minimum absolute atomic E-state index is 0.0679. The van der Waals surface area contributed by atoms with Crippen molar-refractivity contribution in [3.05, 3.63) is 95.8 Å². The van der Waals surface area contributed by atoms with Gasteiger partial charge in [-0.25, -0.2) is 9.71 Å². The summed E-state index contributed by atoms with van der Waals surface area (Å²) in [7, 11) is -3.95. The lowest BCUT2D eigenvalue weighted by Crippen LogP contribution is -2.78. The molecule has 0 heterocycles. The first kappa shape index (κ1) is 19.4.